The molecule has 1 atom stereocenters. The van der Waals surface area contributed by atoms with E-state index in [-0.39, 0.29) is 36.8 Å². The fourth-order valence-electron chi connectivity index (χ4n) is 3.36. The van der Waals surface area contributed by atoms with Crippen LogP contribution >= 0.6 is 0 Å². The van der Waals surface area contributed by atoms with E-state index in [1.807, 2.05) is 37.3 Å². The lowest BCUT2D eigenvalue weighted by atomic mass is 10.1. The molecule has 0 saturated carbocycles. The maximum atomic E-state index is 12.5. The molecule has 4 amide bonds. The second-order valence-electron chi connectivity index (χ2n) is 7.95. The molecule has 0 aliphatic heterocycles. The van der Waals surface area contributed by atoms with Gasteiger partial charge in [-0.05, 0) is 48.7 Å². The molecular weight excluding hydrogens is 462 g/mol. The van der Waals surface area contributed by atoms with Gasteiger partial charge >= 0.3 is 12.0 Å². The Hall–Kier alpha value is -4.73. The lowest BCUT2D eigenvalue weighted by molar-refractivity contribution is -0.137. The summed E-state index contributed by atoms with van der Waals surface area (Å²) in [5.41, 5.74) is 2.22. The predicted molar refractivity (Wildman–Crippen MR) is 135 cm³/mol. The van der Waals surface area contributed by atoms with Crippen LogP contribution in [0.25, 0.3) is 0 Å². The Labute approximate surface area is 208 Å². The zero-order chi connectivity index (χ0) is 25.9. The van der Waals surface area contributed by atoms with Crippen LogP contribution in [0.3, 0.4) is 0 Å². The number of pyridine rings is 1. The number of urea groups is 1. The van der Waals surface area contributed by atoms with Gasteiger partial charge in [0.2, 0.25) is 5.91 Å². The van der Waals surface area contributed by atoms with Gasteiger partial charge in [0.05, 0.1) is 12.6 Å². The first-order valence-electron chi connectivity index (χ1n) is 11.3. The van der Waals surface area contributed by atoms with Crippen molar-refractivity contribution in [1.29, 1.82) is 0 Å². The van der Waals surface area contributed by atoms with E-state index in [4.69, 9.17) is 5.11 Å². The van der Waals surface area contributed by atoms with E-state index >= 15 is 0 Å². The molecule has 1 aromatic heterocycles. The number of aryl methyl sites for hydroxylation is 1. The van der Waals surface area contributed by atoms with Crippen molar-refractivity contribution in [2.45, 2.75) is 25.8 Å². The van der Waals surface area contributed by atoms with Crippen molar-refractivity contribution in [3.63, 3.8) is 0 Å². The third-order valence-corrected chi connectivity index (χ3v) is 5.20. The average molecular weight is 490 g/mol. The van der Waals surface area contributed by atoms with Gasteiger partial charge in [-0.25, -0.2) is 9.78 Å². The second kappa shape index (κ2) is 12.7. The molecule has 1 heterocycles. The maximum absolute atomic E-state index is 12.5. The highest BCUT2D eigenvalue weighted by atomic mass is 16.4. The number of amides is 4. The Morgan fingerprint density at radius 1 is 0.944 bits per heavy atom. The van der Waals surface area contributed by atoms with Gasteiger partial charge in [0.15, 0.2) is 0 Å². The van der Waals surface area contributed by atoms with E-state index in [2.05, 4.69) is 26.3 Å². The number of carboxylic acid groups (broad SMARTS) is 1. The monoisotopic (exact) mass is 489 g/mol. The summed E-state index contributed by atoms with van der Waals surface area (Å²) in [5, 5.41) is 19.5. The highest BCUT2D eigenvalue weighted by molar-refractivity contribution is 6.00. The fraction of sp³-hybridized carbons (Fsp3) is 0.192. The van der Waals surface area contributed by atoms with Crippen molar-refractivity contribution in [2.75, 3.05) is 17.2 Å². The van der Waals surface area contributed by atoms with Gasteiger partial charge in [-0.2, -0.15) is 0 Å². The van der Waals surface area contributed by atoms with E-state index < -0.39 is 23.8 Å². The number of nitrogens with one attached hydrogen (secondary N) is 4. The summed E-state index contributed by atoms with van der Waals surface area (Å²) < 4.78 is 0. The lowest BCUT2D eigenvalue weighted by Gasteiger charge is -2.15. The molecule has 0 spiro atoms. The minimum atomic E-state index is -0.955. The molecule has 0 bridgehead atoms. The Bertz CT molecular complexity index is 1230. The van der Waals surface area contributed by atoms with E-state index in [1.54, 1.807) is 30.3 Å². The Morgan fingerprint density at radius 2 is 1.72 bits per heavy atom. The van der Waals surface area contributed by atoms with Crippen LogP contribution in [0.2, 0.25) is 0 Å². The van der Waals surface area contributed by atoms with Crippen molar-refractivity contribution < 1.29 is 24.3 Å². The summed E-state index contributed by atoms with van der Waals surface area (Å²) >= 11 is 0. The molecule has 3 aromatic rings. The van der Waals surface area contributed by atoms with Crippen LogP contribution in [-0.4, -0.2) is 40.5 Å². The quantitative estimate of drug-likeness (QED) is 0.295. The molecule has 0 aliphatic rings. The number of rotatable bonds is 10. The molecule has 2 aromatic carbocycles. The van der Waals surface area contributed by atoms with Crippen LogP contribution in [0.4, 0.5) is 16.3 Å². The Morgan fingerprint density at radius 3 is 2.47 bits per heavy atom. The van der Waals surface area contributed by atoms with Gasteiger partial charge in [0.1, 0.15) is 5.82 Å². The zero-order valence-electron chi connectivity index (χ0n) is 19.7. The number of aliphatic carboxylic acids is 1. The molecule has 0 fully saturated rings. The first-order valence-corrected chi connectivity index (χ1v) is 11.3. The molecule has 186 valence electrons. The summed E-state index contributed by atoms with van der Waals surface area (Å²) in [4.78, 5) is 52.1. The topological polar surface area (TPSA) is 150 Å². The van der Waals surface area contributed by atoms with E-state index in [0.717, 1.165) is 5.56 Å². The van der Waals surface area contributed by atoms with E-state index in [1.165, 1.54) is 12.3 Å². The fourth-order valence-corrected chi connectivity index (χ4v) is 3.36. The SMILES string of the molecule is CC(NC(=O)Nc1cccc(C(=O)NCC(=O)Nc2ncccc2CCC(=O)O)c1)c1ccccc1. The third-order valence-electron chi connectivity index (χ3n) is 5.20. The number of benzene rings is 2. The zero-order valence-corrected chi connectivity index (χ0v) is 19.7. The number of carboxylic acids is 1. The summed E-state index contributed by atoms with van der Waals surface area (Å²) in [5.74, 6) is -1.72. The summed E-state index contributed by atoms with van der Waals surface area (Å²) in [6.45, 7) is 1.55. The molecule has 1 unspecified atom stereocenters. The van der Waals surface area contributed by atoms with Gasteiger partial charge in [0, 0.05) is 23.9 Å². The lowest BCUT2D eigenvalue weighted by Crippen LogP contribution is -2.33. The van der Waals surface area contributed by atoms with Crippen molar-refractivity contribution in [3.05, 3.63) is 89.6 Å². The largest absolute Gasteiger partial charge is 0.481 e. The summed E-state index contributed by atoms with van der Waals surface area (Å²) in [6, 6.07) is 18.5. The highest BCUT2D eigenvalue weighted by Crippen LogP contribution is 2.15. The molecule has 0 radical (unpaired) electrons. The smallest absolute Gasteiger partial charge is 0.319 e. The second-order valence-corrected chi connectivity index (χ2v) is 7.95. The van der Waals surface area contributed by atoms with Crippen molar-refractivity contribution in [3.8, 4) is 0 Å². The average Bonchev–Trinajstić information content (AvgIpc) is 2.87. The van der Waals surface area contributed by atoms with Gasteiger partial charge in [-0.1, -0.05) is 42.5 Å². The first kappa shape index (κ1) is 25.9. The van der Waals surface area contributed by atoms with Crippen LogP contribution in [0.15, 0.2) is 72.9 Å². The normalized spacial score (nSPS) is 11.1. The Balaban J connectivity index is 1.52. The minimum absolute atomic E-state index is 0.0983. The van der Waals surface area contributed by atoms with Crippen LogP contribution < -0.4 is 21.3 Å². The number of anilines is 2. The third kappa shape index (κ3) is 7.94. The maximum Gasteiger partial charge on any atom is 0.319 e. The number of carbonyl (C=O) groups is 4. The predicted octanol–water partition coefficient (Wildman–Crippen LogP) is 3.35. The molecule has 5 N–H and O–H groups in total. The van der Waals surface area contributed by atoms with Gasteiger partial charge in [-0.15, -0.1) is 0 Å². The molecule has 0 saturated heterocycles. The van der Waals surface area contributed by atoms with Crippen LogP contribution in [0, 0.1) is 0 Å². The number of hydrogen-bond donors (Lipinski definition) is 5. The van der Waals surface area contributed by atoms with E-state index in [9.17, 15) is 19.2 Å². The van der Waals surface area contributed by atoms with Crippen LogP contribution in [0.5, 0.6) is 0 Å². The van der Waals surface area contributed by atoms with Gasteiger partial charge in [-0.3, -0.25) is 14.4 Å². The summed E-state index contributed by atoms with van der Waals surface area (Å²) in [6.07, 6.45) is 1.59. The molecular formula is C26H27N5O5. The van der Waals surface area contributed by atoms with E-state index in [0.29, 0.717) is 11.3 Å². The van der Waals surface area contributed by atoms with Crippen LogP contribution in [0.1, 0.15) is 40.9 Å². The molecule has 3 rings (SSSR count). The van der Waals surface area contributed by atoms with Crippen molar-refractivity contribution in [1.82, 2.24) is 15.6 Å². The number of nitrogens with zero attached hydrogens (tertiary/aromatic N) is 1. The van der Waals surface area contributed by atoms with Crippen LogP contribution in [-0.2, 0) is 16.0 Å². The van der Waals surface area contributed by atoms with Crippen molar-refractivity contribution >= 4 is 35.3 Å². The number of hydrogen-bond acceptors (Lipinski definition) is 5. The number of carbonyl (C=O) groups excluding carboxylic acids is 3. The van der Waals surface area contributed by atoms with Gasteiger partial charge < -0.3 is 26.4 Å². The molecule has 36 heavy (non-hydrogen) atoms. The molecule has 10 nitrogen and oxygen atoms in total. The highest BCUT2D eigenvalue weighted by Gasteiger charge is 2.13. The Kier molecular flexibility index (Phi) is 9.10. The standard InChI is InChI=1S/C26H27N5O5/c1-17(18-7-3-2-4-8-18)29-26(36)30-21-11-5-9-20(15-21)25(35)28-16-22(32)31-24-19(10-6-14-27-24)12-13-23(33)34/h2-11,14-15,17H,12-13,16H2,1H3,(H,28,35)(H,33,34)(H,27,31,32)(H2,29,30,36). The van der Waals surface area contributed by atoms with Crippen molar-refractivity contribution in [2.24, 2.45) is 0 Å². The molecule has 0 aliphatic carbocycles. The molecule has 10 heteroatoms. The minimum Gasteiger partial charge on any atom is -0.481 e. The first-order chi connectivity index (χ1) is 17.3. The van der Waals surface area contributed by atoms with Gasteiger partial charge in [0.25, 0.3) is 5.91 Å². The number of aromatic nitrogens is 1. The summed E-state index contributed by atoms with van der Waals surface area (Å²) in [7, 11) is 0.